The van der Waals surface area contributed by atoms with Crippen LogP contribution in [0.2, 0.25) is 0 Å². The molecule has 4 nitrogen and oxygen atoms in total. The van der Waals surface area contributed by atoms with Crippen molar-refractivity contribution in [3.05, 3.63) is 42.1 Å². The fraction of sp³-hybridized carbons (Fsp3) is 0.400. The molecule has 2 aromatic rings. The van der Waals surface area contributed by atoms with Crippen LogP contribution in [0.3, 0.4) is 0 Å². The van der Waals surface area contributed by atoms with Gasteiger partial charge in [-0.25, -0.2) is 0 Å². The first-order valence-corrected chi connectivity index (χ1v) is 6.86. The molecule has 1 aliphatic heterocycles. The molecule has 0 aliphatic carbocycles. The van der Waals surface area contributed by atoms with E-state index in [0.29, 0.717) is 12.6 Å². The maximum atomic E-state index is 5.84. The minimum absolute atomic E-state index is 0.419. The van der Waals surface area contributed by atoms with Crippen LogP contribution in [0.4, 0.5) is 0 Å². The summed E-state index contributed by atoms with van der Waals surface area (Å²) in [6.07, 6.45) is 0. The number of benzene rings is 1. The molecule has 1 saturated heterocycles. The lowest BCUT2D eigenvalue weighted by atomic mass is 10.1. The third kappa shape index (κ3) is 2.76. The molecule has 0 radical (unpaired) electrons. The zero-order valence-electron chi connectivity index (χ0n) is 11.0. The van der Waals surface area contributed by atoms with Gasteiger partial charge >= 0.3 is 0 Å². The van der Waals surface area contributed by atoms with Gasteiger partial charge in [0.1, 0.15) is 0 Å². The van der Waals surface area contributed by atoms with E-state index >= 15 is 0 Å². The van der Waals surface area contributed by atoms with Crippen LogP contribution in [-0.2, 0) is 6.54 Å². The Kier molecular flexibility index (Phi) is 3.73. The van der Waals surface area contributed by atoms with Crippen LogP contribution in [0.25, 0.3) is 10.9 Å². The molecule has 1 fully saturated rings. The first kappa shape index (κ1) is 12.5. The van der Waals surface area contributed by atoms with E-state index in [1.807, 2.05) is 12.1 Å². The van der Waals surface area contributed by atoms with Crippen molar-refractivity contribution in [3.63, 3.8) is 0 Å². The zero-order valence-corrected chi connectivity index (χ0v) is 11.0. The Morgan fingerprint density at radius 3 is 3.05 bits per heavy atom. The van der Waals surface area contributed by atoms with Gasteiger partial charge in [0.05, 0.1) is 11.2 Å². The smallest absolute Gasteiger partial charge is 0.0705 e. The molecular weight excluding hydrogens is 236 g/mol. The molecule has 1 aromatic heterocycles. The van der Waals surface area contributed by atoms with E-state index in [9.17, 15) is 0 Å². The first-order valence-electron chi connectivity index (χ1n) is 6.86. The molecule has 1 atom stereocenters. The van der Waals surface area contributed by atoms with Crippen LogP contribution < -0.4 is 11.1 Å². The molecule has 2 heterocycles. The van der Waals surface area contributed by atoms with Gasteiger partial charge in [0.2, 0.25) is 0 Å². The number of hydrogen-bond acceptors (Lipinski definition) is 4. The SMILES string of the molecule is NCC1CNCCN1Cc1ccc2ccccc2n1. The van der Waals surface area contributed by atoms with Gasteiger partial charge in [-0.1, -0.05) is 24.3 Å². The lowest BCUT2D eigenvalue weighted by Crippen LogP contribution is -2.53. The van der Waals surface area contributed by atoms with Gasteiger partial charge in [-0.15, -0.1) is 0 Å². The second kappa shape index (κ2) is 5.65. The zero-order chi connectivity index (χ0) is 13.1. The monoisotopic (exact) mass is 256 g/mol. The lowest BCUT2D eigenvalue weighted by Gasteiger charge is -2.35. The molecule has 4 heteroatoms. The maximum absolute atomic E-state index is 5.84. The van der Waals surface area contributed by atoms with Crippen LogP contribution in [0, 0.1) is 0 Å². The molecule has 1 aromatic carbocycles. The molecule has 0 bridgehead atoms. The summed E-state index contributed by atoms with van der Waals surface area (Å²) in [5.41, 5.74) is 8.03. The number of fused-ring (bicyclic) bond motifs is 1. The highest BCUT2D eigenvalue weighted by Gasteiger charge is 2.20. The summed E-state index contributed by atoms with van der Waals surface area (Å²) in [6.45, 7) is 4.62. The van der Waals surface area contributed by atoms with Crippen molar-refractivity contribution < 1.29 is 0 Å². The Labute approximate surface area is 113 Å². The van der Waals surface area contributed by atoms with Gasteiger partial charge < -0.3 is 11.1 Å². The lowest BCUT2D eigenvalue weighted by molar-refractivity contribution is 0.156. The van der Waals surface area contributed by atoms with Crippen molar-refractivity contribution >= 4 is 10.9 Å². The number of para-hydroxylation sites is 1. The van der Waals surface area contributed by atoms with Gasteiger partial charge in [-0.3, -0.25) is 9.88 Å². The fourth-order valence-electron chi connectivity index (χ4n) is 2.65. The van der Waals surface area contributed by atoms with Gasteiger partial charge in [-0.2, -0.15) is 0 Å². The minimum atomic E-state index is 0.419. The van der Waals surface area contributed by atoms with Crippen molar-refractivity contribution in [2.45, 2.75) is 12.6 Å². The van der Waals surface area contributed by atoms with Crippen molar-refractivity contribution in [1.82, 2.24) is 15.2 Å². The molecule has 0 saturated carbocycles. The summed E-state index contributed by atoms with van der Waals surface area (Å²) in [6, 6.07) is 12.9. The number of piperazine rings is 1. The van der Waals surface area contributed by atoms with Gasteiger partial charge in [0.25, 0.3) is 0 Å². The van der Waals surface area contributed by atoms with Crippen LogP contribution >= 0.6 is 0 Å². The Morgan fingerprint density at radius 1 is 1.26 bits per heavy atom. The molecular formula is C15H20N4. The van der Waals surface area contributed by atoms with Gasteiger partial charge in [-0.05, 0) is 12.1 Å². The number of pyridine rings is 1. The summed E-state index contributed by atoms with van der Waals surface area (Å²) in [5, 5.41) is 4.59. The standard InChI is InChI=1S/C15H20N4/c16-9-14-10-17-7-8-19(14)11-13-6-5-12-3-1-2-4-15(12)18-13/h1-6,14,17H,7-11,16H2. The molecule has 0 amide bonds. The number of nitrogens with zero attached hydrogens (tertiary/aromatic N) is 2. The van der Waals surface area contributed by atoms with E-state index in [2.05, 4.69) is 34.5 Å². The van der Waals surface area contributed by atoms with Crippen LogP contribution in [0.1, 0.15) is 5.69 Å². The van der Waals surface area contributed by atoms with Crippen LogP contribution in [0.15, 0.2) is 36.4 Å². The van der Waals surface area contributed by atoms with Crippen LogP contribution in [0.5, 0.6) is 0 Å². The number of nitrogens with two attached hydrogens (primary N) is 1. The molecule has 19 heavy (non-hydrogen) atoms. The van der Waals surface area contributed by atoms with Crippen molar-refractivity contribution in [3.8, 4) is 0 Å². The molecule has 100 valence electrons. The summed E-state index contributed by atoms with van der Waals surface area (Å²) < 4.78 is 0. The summed E-state index contributed by atoms with van der Waals surface area (Å²) >= 11 is 0. The van der Waals surface area contributed by atoms with E-state index in [1.165, 1.54) is 5.39 Å². The van der Waals surface area contributed by atoms with E-state index in [-0.39, 0.29) is 0 Å². The number of nitrogens with one attached hydrogen (secondary N) is 1. The van der Waals surface area contributed by atoms with Gasteiger partial charge in [0, 0.05) is 44.2 Å². The maximum Gasteiger partial charge on any atom is 0.0705 e. The second-order valence-corrected chi connectivity index (χ2v) is 5.06. The Bertz CT molecular complexity index is 555. The third-order valence-corrected chi connectivity index (χ3v) is 3.77. The quantitative estimate of drug-likeness (QED) is 0.859. The van der Waals surface area contributed by atoms with E-state index < -0.39 is 0 Å². The van der Waals surface area contributed by atoms with E-state index in [1.54, 1.807) is 0 Å². The van der Waals surface area contributed by atoms with E-state index in [4.69, 9.17) is 10.7 Å². The Balaban J connectivity index is 1.80. The summed E-state index contributed by atoms with van der Waals surface area (Å²) in [5.74, 6) is 0. The highest BCUT2D eigenvalue weighted by molar-refractivity contribution is 5.78. The van der Waals surface area contributed by atoms with Gasteiger partial charge in [0.15, 0.2) is 0 Å². The molecule has 0 spiro atoms. The van der Waals surface area contributed by atoms with Crippen molar-refractivity contribution in [2.75, 3.05) is 26.2 Å². The summed E-state index contributed by atoms with van der Waals surface area (Å²) in [7, 11) is 0. The average Bonchev–Trinajstić information content (AvgIpc) is 2.48. The largest absolute Gasteiger partial charge is 0.329 e. The van der Waals surface area contributed by atoms with Crippen molar-refractivity contribution in [2.24, 2.45) is 5.73 Å². The fourth-order valence-corrected chi connectivity index (χ4v) is 2.65. The summed E-state index contributed by atoms with van der Waals surface area (Å²) in [4.78, 5) is 7.16. The number of aromatic nitrogens is 1. The predicted molar refractivity (Wildman–Crippen MR) is 77.9 cm³/mol. The Morgan fingerprint density at radius 2 is 2.16 bits per heavy atom. The number of hydrogen-bond donors (Lipinski definition) is 2. The van der Waals surface area contributed by atoms with Crippen LogP contribution in [-0.4, -0.2) is 42.1 Å². The molecule has 1 unspecified atom stereocenters. The Hall–Kier alpha value is -1.49. The van der Waals surface area contributed by atoms with Crippen molar-refractivity contribution in [1.29, 1.82) is 0 Å². The molecule has 3 N–H and O–H groups in total. The third-order valence-electron chi connectivity index (χ3n) is 3.77. The normalized spacial score (nSPS) is 20.8. The minimum Gasteiger partial charge on any atom is -0.329 e. The number of rotatable bonds is 3. The highest BCUT2D eigenvalue weighted by Crippen LogP contribution is 2.14. The average molecular weight is 256 g/mol. The second-order valence-electron chi connectivity index (χ2n) is 5.06. The molecule has 1 aliphatic rings. The topological polar surface area (TPSA) is 54.2 Å². The molecule has 3 rings (SSSR count). The highest BCUT2D eigenvalue weighted by atomic mass is 15.2. The first-order chi connectivity index (χ1) is 9.36. The predicted octanol–water partition coefficient (Wildman–Crippen LogP) is 0.967. The van der Waals surface area contributed by atoms with E-state index in [0.717, 1.165) is 37.4 Å².